The van der Waals surface area contributed by atoms with Gasteiger partial charge in [-0.3, -0.25) is 4.79 Å². The summed E-state index contributed by atoms with van der Waals surface area (Å²) in [6, 6.07) is 17.9. The van der Waals surface area contributed by atoms with Gasteiger partial charge in [0, 0.05) is 31.0 Å². The third-order valence-electron chi connectivity index (χ3n) is 4.61. The molecule has 2 heterocycles. The van der Waals surface area contributed by atoms with Crippen molar-refractivity contribution in [1.29, 1.82) is 0 Å². The van der Waals surface area contributed by atoms with E-state index in [1.54, 1.807) is 0 Å². The number of rotatable bonds is 4. The molecule has 126 valence electrons. The Bertz CT molecular complexity index is 889. The molecule has 0 radical (unpaired) electrons. The van der Waals surface area contributed by atoms with Gasteiger partial charge in [-0.15, -0.1) is 0 Å². The average molecular weight is 333 g/mol. The third-order valence-corrected chi connectivity index (χ3v) is 4.61. The maximum Gasteiger partial charge on any atom is 0.258 e. The quantitative estimate of drug-likeness (QED) is 0.732. The van der Waals surface area contributed by atoms with Crippen LogP contribution in [0.2, 0.25) is 0 Å². The predicted octanol–water partition coefficient (Wildman–Crippen LogP) is 3.56. The smallest absolute Gasteiger partial charge is 0.258 e. The second-order valence-electron chi connectivity index (χ2n) is 6.43. The molecule has 0 spiro atoms. The summed E-state index contributed by atoms with van der Waals surface area (Å²) in [4.78, 5) is 18.7. The number of likely N-dealkylation sites (tertiary alicyclic amines) is 1. The van der Waals surface area contributed by atoms with Gasteiger partial charge in [-0.05, 0) is 24.1 Å². The summed E-state index contributed by atoms with van der Waals surface area (Å²) >= 11 is 0. The van der Waals surface area contributed by atoms with Crippen molar-refractivity contribution in [2.24, 2.45) is 0 Å². The van der Waals surface area contributed by atoms with Crippen LogP contribution in [0, 0.1) is 6.92 Å². The highest BCUT2D eigenvalue weighted by atomic mass is 16.5. The van der Waals surface area contributed by atoms with E-state index >= 15 is 0 Å². The zero-order chi connectivity index (χ0) is 17.2. The van der Waals surface area contributed by atoms with Gasteiger partial charge >= 0.3 is 0 Å². The lowest BCUT2D eigenvalue weighted by Gasteiger charge is -2.15. The lowest BCUT2D eigenvalue weighted by molar-refractivity contribution is -0.128. The van der Waals surface area contributed by atoms with Crippen LogP contribution in [0.4, 0.5) is 0 Å². The van der Waals surface area contributed by atoms with Crippen LogP contribution in [0.1, 0.15) is 29.3 Å². The molecular formula is C20H19N3O2. The Hall–Kier alpha value is -2.95. The van der Waals surface area contributed by atoms with E-state index in [-0.39, 0.29) is 11.8 Å². The first-order valence-electron chi connectivity index (χ1n) is 8.42. The highest BCUT2D eigenvalue weighted by Gasteiger charge is 2.33. The standard InChI is InChI=1S/C20H19N3O2/c1-14-7-5-6-10-17(14)20-21-19(22-25-20)16-11-18(24)23(13-16)12-15-8-3-2-4-9-15/h2-10,16H,11-13H2,1H3/t16-/m0/s1. The van der Waals surface area contributed by atoms with Gasteiger partial charge in [0.05, 0.1) is 0 Å². The molecule has 1 aliphatic rings. The molecule has 0 N–H and O–H groups in total. The molecule has 1 saturated heterocycles. The number of hydrogen-bond donors (Lipinski definition) is 0. The van der Waals surface area contributed by atoms with Crippen molar-refractivity contribution in [3.63, 3.8) is 0 Å². The van der Waals surface area contributed by atoms with Gasteiger partial charge in [0.15, 0.2) is 5.82 Å². The summed E-state index contributed by atoms with van der Waals surface area (Å²) in [5.41, 5.74) is 3.16. The first-order chi connectivity index (χ1) is 12.2. The topological polar surface area (TPSA) is 59.2 Å². The van der Waals surface area contributed by atoms with Gasteiger partial charge in [-0.1, -0.05) is 53.7 Å². The molecule has 5 nitrogen and oxygen atoms in total. The van der Waals surface area contributed by atoms with Crippen molar-refractivity contribution in [3.8, 4) is 11.5 Å². The third kappa shape index (κ3) is 3.18. The maximum atomic E-state index is 12.3. The number of aryl methyl sites for hydroxylation is 1. The minimum absolute atomic E-state index is 0.0160. The van der Waals surface area contributed by atoms with E-state index < -0.39 is 0 Å². The zero-order valence-electron chi connectivity index (χ0n) is 14.1. The molecule has 0 aliphatic carbocycles. The second kappa shape index (κ2) is 6.51. The van der Waals surface area contributed by atoms with Crippen molar-refractivity contribution >= 4 is 5.91 Å². The summed E-state index contributed by atoms with van der Waals surface area (Å²) < 4.78 is 5.44. The van der Waals surface area contributed by atoms with E-state index in [0.717, 1.165) is 16.7 Å². The number of nitrogens with zero attached hydrogens (tertiary/aromatic N) is 3. The van der Waals surface area contributed by atoms with E-state index in [1.807, 2.05) is 66.4 Å². The van der Waals surface area contributed by atoms with Crippen LogP contribution in [-0.2, 0) is 11.3 Å². The van der Waals surface area contributed by atoms with Crippen LogP contribution in [-0.4, -0.2) is 27.5 Å². The lowest BCUT2D eigenvalue weighted by atomic mass is 10.1. The maximum absolute atomic E-state index is 12.3. The Morgan fingerprint density at radius 2 is 1.88 bits per heavy atom. The summed E-state index contributed by atoms with van der Waals surface area (Å²) in [7, 11) is 0. The van der Waals surface area contributed by atoms with Crippen LogP contribution in [0.15, 0.2) is 59.1 Å². The van der Waals surface area contributed by atoms with Crippen molar-refractivity contribution < 1.29 is 9.32 Å². The van der Waals surface area contributed by atoms with E-state index in [4.69, 9.17) is 4.52 Å². The molecule has 0 unspecified atom stereocenters. The molecule has 1 fully saturated rings. The fourth-order valence-corrected chi connectivity index (χ4v) is 3.22. The normalized spacial score (nSPS) is 17.2. The summed E-state index contributed by atoms with van der Waals surface area (Å²) in [5.74, 6) is 1.25. The molecule has 1 aromatic heterocycles. The van der Waals surface area contributed by atoms with Gasteiger partial charge in [-0.2, -0.15) is 4.98 Å². The highest BCUT2D eigenvalue weighted by molar-refractivity contribution is 5.79. The van der Waals surface area contributed by atoms with Crippen LogP contribution in [0.3, 0.4) is 0 Å². The Morgan fingerprint density at radius 3 is 2.68 bits per heavy atom. The van der Waals surface area contributed by atoms with Gasteiger partial charge in [0.25, 0.3) is 5.89 Å². The number of carbonyl (C=O) groups excluding carboxylic acids is 1. The van der Waals surface area contributed by atoms with Crippen LogP contribution < -0.4 is 0 Å². The number of hydrogen-bond acceptors (Lipinski definition) is 4. The fraction of sp³-hybridized carbons (Fsp3) is 0.250. The molecule has 25 heavy (non-hydrogen) atoms. The Kier molecular flexibility index (Phi) is 4.06. The fourth-order valence-electron chi connectivity index (χ4n) is 3.22. The molecule has 1 amide bonds. The van der Waals surface area contributed by atoms with Crippen LogP contribution >= 0.6 is 0 Å². The first kappa shape index (κ1) is 15.6. The Labute approximate surface area is 146 Å². The average Bonchev–Trinajstić information content (AvgIpc) is 3.24. The van der Waals surface area contributed by atoms with Crippen LogP contribution in [0.5, 0.6) is 0 Å². The van der Waals surface area contributed by atoms with Crippen molar-refractivity contribution in [1.82, 2.24) is 15.0 Å². The molecule has 4 rings (SSSR count). The van der Waals surface area contributed by atoms with Crippen LogP contribution in [0.25, 0.3) is 11.5 Å². The van der Waals surface area contributed by atoms with Crippen molar-refractivity contribution in [3.05, 3.63) is 71.5 Å². The summed E-state index contributed by atoms with van der Waals surface area (Å²) in [5, 5.41) is 4.13. The molecule has 0 saturated carbocycles. The van der Waals surface area contributed by atoms with E-state index in [1.165, 1.54) is 0 Å². The van der Waals surface area contributed by atoms with E-state index in [2.05, 4.69) is 10.1 Å². The minimum atomic E-state index is -0.0160. The van der Waals surface area contributed by atoms with Gasteiger partial charge < -0.3 is 9.42 Å². The van der Waals surface area contributed by atoms with Crippen molar-refractivity contribution in [2.75, 3.05) is 6.54 Å². The number of carbonyl (C=O) groups is 1. The Morgan fingerprint density at radius 1 is 1.12 bits per heavy atom. The van der Waals surface area contributed by atoms with E-state index in [9.17, 15) is 4.79 Å². The second-order valence-corrected chi connectivity index (χ2v) is 6.43. The molecule has 1 atom stereocenters. The van der Waals surface area contributed by atoms with Gasteiger partial charge in [0.2, 0.25) is 5.91 Å². The number of amides is 1. The predicted molar refractivity (Wildman–Crippen MR) is 93.7 cm³/mol. The number of aromatic nitrogens is 2. The van der Waals surface area contributed by atoms with E-state index in [0.29, 0.717) is 31.2 Å². The van der Waals surface area contributed by atoms with Gasteiger partial charge in [-0.25, -0.2) is 0 Å². The summed E-state index contributed by atoms with van der Waals surface area (Å²) in [6.45, 7) is 3.26. The highest BCUT2D eigenvalue weighted by Crippen LogP contribution is 2.29. The molecule has 3 aromatic rings. The minimum Gasteiger partial charge on any atom is -0.338 e. The molecule has 2 aromatic carbocycles. The monoisotopic (exact) mass is 333 g/mol. The zero-order valence-corrected chi connectivity index (χ0v) is 14.1. The molecule has 1 aliphatic heterocycles. The lowest BCUT2D eigenvalue weighted by Crippen LogP contribution is -2.24. The molecule has 5 heteroatoms. The summed E-state index contributed by atoms with van der Waals surface area (Å²) in [6.07, 6.45) is 0.430. The van der Waals surface area contributed by atoms with Crippen molar-refractivity contribution in [2.45, 2.75) is 25.8 Å². The van der Waals surface area contributed by atoms with Gasteiger partial charge in [0.1, 0.15) is 0 Å². The SMILES string of the molecule is Cc1ccccc1-c1nc([C@H]2CC(=O)N(Cc3ccccc3)C2)no1. The molecule has 0 bridgehead atoms. The first-order valence-corrected chi connectivity index (χ1v) is 8.42. The number of benzene rings is 2. The Balaban J connectivity index is 1.50. The largest absolute Gasteiger partial charge is 0.338 e. The molecular weight excluding hydrogens is 314 g/mol.